The average molecular weight is 222 g/mol. The minimum atomic E-state index is 0.496. The van der Waals surface area contributed by atoms with Gasteiger partial charge in [-0.25, -0.2) is 0 Å². The first kappa shape index (κ1) is 11.0. The van der Waals surface area contributed by atoms with E-state index in [1.165, 1.54) is 64.3 Å². The maximum absolute atomic E-state index is 6.15. The van der Waals surface area contributed by atoms with Gasteiger partial charge in [0.1, 0.15) is 0 Å². The van der Waals surface area contributed by atoms with Gasteiger partial charge in [0.15, 0.2) is 0 Å². The molecule has 1 aliphatic carbocycles. The molecule has 0 radical (unpaired) electrons. The minimum Gasteiger partial charge on any atom is -0.328 e. The van der Waals surface area contributed by atoms with Crippen molar-refractivity contribution in [2.24, 2.45) is 11.7 Å². The number of piperidine rings is 2. The molecule has 1 saturated carbocycles. The van der Waals surface area contributed by atoms with Crippen molar-refractivity contribution in [2.45, 2.75) is 75.9 Å². The van der Waals surface area contributed by atoms with E-state index in [0.717, 1.165) is 18.0 Å². The molecular weight excluding hydrogens is 196 g/mol. The van der Waals surface area contributed by atoms with Crippen molar-refractivity contribution in [3.8, 4) is 0 Å². The van der Waals surface area contributed by atoms with Crippen molar-refractivity contribution in [1.82, 2.24) is 4.90 Å². The van der Waals surface area contributed by atoms with E-state index in [-0.39, 0.29) is 0 Å². The van der Waals surface area contributed by atoms with E-state index in [0.29, 0.717) is 6.04 Å². The normalized spacial score (nSPS) is 40.7. The molecule has 2 nitrogen and oxygen atoms in total. The van der Waals surface area contributed by atoms with Crippen LogP contribution in [-0.4, -0.2) is 29.6 Å². The topological polar surface area (TPSA) is 29.3 Å². The Morgan fingerprint density at radius 2 is 1.56 bits per heavy atom. The van der Waals surface area contributed by atoms with Crippen LogP contribution in [0.5, 0.6) is 0 Å². The fraction of sp³-hybridized carbons (Fsp3) is 1.00. The quantitative estimate of drug-likeness (QED) is 0.795. The van der Waals surface area contributed by atoms with Crippen LogP contribution in [0.4, 0.5) is 0 Å². The molecule has 16 heavy (non-hydrogen) atoms. The van der Waals surface area contributed by atoms with Gasteiger partial charge in [0, 0.05) is 18.1 Å². The first-order chi connectivity index (χ1) is 7.83. The summed E-state index contributed by atoms with van der Waals surface area (Å²) < 4.78 is 0. The monoisotopic (exact) mass is 222 g/mol. The van der Waals surface area contributed by atoms with Gasteiger partial charge in [-0.15, -0.1) is 0 Å². The smallest absolute Gasteiger partial charge is 0.0113 e. The summed E-state index contributed by atoms with van der Waals surface area (Å²) in [6.45, 7) is 1.37. The van der Waals surface area contributed by atoms with Gasteiger partial charge in [-0.05, 0) is 44.6 Å². The van der Waals surface area contributed by atoms with E-state index >= 15 is 0 Å². The van der Waals surface area contributed by atoms with Crippen molar-refractivity contribution >= 4 is 0 Å². The van der Waals surface area contributed by atoms with Gasteiger partial charge in [-0.1, -0.05) is 25.7 Å². The second-order valence-corrected chi connectivity index (χ2v) is 6.29. The van der Waals surface area contributed by atoms with Gasteiger partial charge < -0.3 is 5.73 Å². The number of nitrogens with zero attached hydrogens (tertiary/aromatic N) is 1. The van der Waals surface area contributed by atoms with Crippen LogP contribution in [0.25, 0.3) is 0 Å². The van der Waals surface area contributed by atoms with Crippen molar-refractivity contribution in [2.75, 3.05) is 6.54 Å². The molecule has 3 rings (SSSR count). The highest BCUT2D eigenvalue weighted by Crippen LogP contribution is 2.35. The Balaban J connectivity index is 1.55. The lowest BCUT2D eigenvalue weighted by Crippen LogP contribution is -2.55. The Kier molecular flexibility index (Phi) is 3.21. The molecule has 2 unspecified atom stereocenters. The van der Waals surface area contributed by atoms with Crippen LogP contribution in [0.15, 0.2) is 0 Å². The Morgan fingerprint density at radius 3 is 2.12 bits per heavy atom. The second-order valence-electron chi connectivity index (χ2n) is 6.29. The van der Waals surface area contributed by atoms with Crippen molar-refractivity contribution in [3.05, 3.63) is 0 Å². The highest BCUT2D eigenvalue weighted by molar-refractivity contribution is 4.94. The molecule has 2 bridgehead atoms. The summed E-state index contributed by atoms with van der Waals surface area (Å²) in [6.07, 6.45) is 12.8. The number of nitrogens with two attached hydrogens (primary N) is 1. The molecule has 0 amide bonds. The van der Waals surface area contributed by atoms with Crippen molar-refractivity contribution in [3.63, 3.8) is 0 Å². The molecule has 2 aliphatic heterocycles. The largest absolute Gasteiger partial charge is 0.328 e. The molecule has 92 valence electrons. The zero-order chi connectivity index (χ0) is 11.0. The fourth-order valence-corrected chi connectivity index (χ4v) is 4.00. The van der Waals surface area contributed by atoms with E-state index in [4.69, 9.17) is 5.73 Å². The van der Waals surface area contributed by atoms with E-state index in [9.17, 15) is 0 Å². The standard InChI is InChI=1S/C14H26N2/c15-12-9-13-5-2-6-14(10-12)16(13)8-7-11-3-1-4-11/h11-14H,1-10,15H2. The lowest BCUT2D eigenvalue weighted by molar-refractivity contribution is 0.0238. The summed E-state index contributed by atoms with van der Waals surface area (Å²) in [4.78, 5) is 2.82. The molecule has 2 heterocycles. The molecular formula is C14H26N2. The highest BCUT2D eigenvalue weighted by atomic mass is 15.2. The van der Waals surface area contributed by atoms with E-state index in [2.05, 4.69) is 4.90 Å². The predicted molar refractivity (Wildman–Crippen MR) is 67.3 cm³/mol. The van der Waals surface area contributed by atoms with E-state index in [1.54, 1.807) is 0 Å². The summed E-state index contributed by atoms with van der Waals surface area (Å²) in [7, 11) is 0. The summed E-state index contributed by atoms with van der Waals surface area (Å²) in [6, 6.07) is 2.17. The molecule has 3 aliphatic rings. The van der Waals surface area contributed by atoms with E-state index in [1.807, 2.05) is 0 Å². The maximum atomic E-state index is 6.15. The third kappa shape index (κ3) is 2.14. The van der Waals surface area contributed by atoms with Gasteiger partial charge in [0.05, 0.1) is 0 Å². The minimum absolute atomic E-state index is 0.496. The number of fused-ring (bicyclic) bond motifs is 2. The van der Waals surface area contributed by atoms with Crippen LogP contribution in [0, 0.1) is 5.92 Å². The molecule has 3 fully saturated rings. The highest BCUT2D eigenvalue weighted by Gasteiger charge is 2.36. The van der Waals surface area contributed by atoms with Crippen molar-refractivity contribution in [1.29, 1.82) is 0 Å². The van der Waals surface area contributed by atoms with Crippen LogP contribution >= 0.6 is 0 Å². The van der Waals surface area contributed by atoms with Crippen LogP contribution in [0.1, 0.15) is 57.8 Å². The first-order valence-corrected chi connectivity index (χ1v) is 7.34. The molecule has 2 saturated heterocycles. The zero-order valence-electron chi connectivity index (χ0n) is 10.4. The summed E-state index contributed by atoms with van der Waals surface area (Å²) in [5, 5.41) is 0. The van der Waals surface area contributed by atoms with Crippen molar-refractivity contribution < 1.29 is 0 Å². The first-order valence-electron chi connectivity index (χ1n) is 7.34. The fourth-order valence-electron chi connectivity index (χ4n) is 4.00. The Bertz CT molecular complexity index is 223. The Labute approximate surface area is 99.6 Å². The molecule has 2 atom stereocenters. The number of hydrogen-bond donors (Lipinski definition) is 1. The van der Waals surface area contributed by atoms with Gasteiger partial charge >= 0.3 is 0 Å². The molecule has 0 aromatic rings. The molecule has 0 aromatic heterocycles. The third-order valence-electron chi connectivity index (χ3n) is 5.18. The molecule has 2 heteroatoms. The van der Waals surface area contributed by atoms with Crippen LogP contribution in [-0.2, 0) is 0 Å². The molecule has 0 aromatic carbocycles. The Morgan fingerprint density at radius 1 is 0.938 bits per heavy atom. The second kappa shape index (κ2) is 4.66. The van der Waals surface area contributed by atoms with Gasteiger partial charge in [-0.3, -0.25) is 4.90 Å². The zero-order valence-corrected chi connectivity index (χ0v) is 10.4. The van der Waals surface area contributed by atoms with E-state index < -0.39 is 0 Å². The van der Waals surface area contributed by atoms with Gasteiger partial charge in [0.2, 0.25) is 0 Å². The van der Waals surface area contributed by atoms with Crippen LogP contribution < -0.4 is 5.73 Å². The lowest BCUT2D eigenvalue weighted by Gasteiger charge is -2.49. The molecule has 0 spiro atoms. The maximum Gasteiger partial charge on any atom is 0.0113 e. The summed E-state index contributed by atoms with van der Waals surface area (Å²) in [5.74, 6) is 1.07. The third-order valence-corrected chi connectivity index (χ3v) is 5.18. The average Bonchev–Trinajstić information content (AvgIpc) is 2.16. The van der Waals surface area contributed by atoms with Gasteiger partial charge in [0.25, 0.3) is 0 Å². The summed E-state index contributed by atoms with van der Waals surface area (Å²) in [5.41, 5.74) is 6.15. The lowest BCUT2D eigenvalue weighted by atomic mass is 9.79. The predicted octanol–water partition coefficient (Wildman–Crippen LogP) is 2.52. The molecule has 2 N–H and O–H groups in total. The summed E-state index contributed by atoms with van der Waals surface area (Å²) >= 11 is 0. The SMILES string of the molecule is NC1CC2CCCC(C1)N2CCC1CCC1. The number of rotatable bonds is 3. The van der Waals surface area contributed by atoms with Crippen LogP contribution in [0.3, 0.4) is 0 Å². The number of hydrogen-bond acceptors (Lipinski definition) is 2. The van der Waals surface area contributed by atoms with Crippen LogP contribution in [0.2, 0.25) is 0 Å². The van der Waals surface area contributed by atoms with Gasteiger partial charge in [-0.2, -0.15) is 0 Å². The Hall–Kier alpha value is -0.0800.